The van der Waals surface area contributed by atoms with Crippen LogP contribution in [-0.2, 0) is 4.79 Å². The smallest absolute Gasteiger partial charge is 0.270 e. The lowest BCUT2D eigenvalue weighted by Crippen LogP contribution is -2.34. The highest BCUT2D eigenvalue weighted by Gasteiger charge is 2.30. The first-order valence-corrected chi connectivity index (χ1v) is 10.2. The fourth-order valence-electron chi connectivity index (χ4n) is 3.28. The average Bonchev–Trinajstić information content (AvgIpc) is 3.64. The summed E-state index contributed by atoms with van der Waals surface area (Å²) < 4.78 is 5.95. The summed E-state index contributed by atoms with van der Waals surface area (Å²) >= 11 is 0. The van der Waals surface area contributed by atoms with Crippen LogP contribution >= 0.6 is 0 Å². The molecule has 0 radical (unpaired) electrons. The van der Waals surface area contributed by atoms with Crippen LogP contribution in [-0.4, -0.2) is 23.3 Å². The number of hydrogen-bond donors (Lipinski definition) is 1. The van der Waals surface area contributed by atoms with E-state index in [1.165, 1.54) is 12.8 Å². The molecule has 1 amide bonds. The number of nitrogens with one attached hydrogen (secondary N) is 1. The summed E-state index contributed by atoms with van der Waals surface area (Å²) in [5.41, 5.74) is 2.17. The molecule has 5 heteroatoms. The largest absolute Gasteiger partial charge is 0.477 e. The molecule has 5 nitrogen and oxygen atoms in total. The number of ether oxygens (including phenoxy) is 1. The number of Topliss-reactive ketones (excluding diaryl/α,β-unsaturated/α-hetero) is 1. The Hall–Kier alpha value is -2.69. The maximum absolute atomic E-state index is 12.9. The summed E-state index contributed by atoms with van der Waals surface area (Å²) in [5, 5.41) is 2.86. The Labute approximate surface area is 165 Å². The highest BCUT2D eigenvalue weighted by Crippen LogP contribution is 2.44. The lowest BCUT2D eigenvalue weighted by Gasteiger charge is -2.18. The maximum Gasteiger partial charge on any atom is 0.270 e. The van der Waals surface area contributed by atoms with Crippen LogP contribution in [0.15, 0.2) is 42.5 Å². The summed E-state index contributed by atoms with van der Waals surface area (Å²) in [4.78, 5) is 29.8. The van der Waals surface area contributed by atoms with Crippen LogP contribution in [0.2, 0.25) is 0 Å². The molecule has 2 aromatic rings. The van der Waals surface area contributed by atoms with Gasteiger partial charge in [-0.05, 0) is 49.1 Å². The van der Waals surface area contributed by atoms with Crippen LogP contribution in [0.3, 0.4) is 0 Å². The van der Waals surface area contributed by atoms with Crippen LogP contribution in [0.1, 0.15) is 72.6 Å². The lowest BCUT2D eigenvalue weighted by molar-refractivity contribution is -0.120. The van der Waals surface area contributed by atoms with Gasteiger partial charge in [0.25, 0.3) is 5.91 Å². The van der Waals surface area contributed by atoms with E-state index in [0.717, 1.165) is 24.0 Å². The molecular weight excluding hydrogens is 352 g/mol. The molecule has 0 spiro atoms. The highest BCUT2D eigenvalue weighted by molar-refractivity contribution is 5.97. The van der Waals surface area contributed by atoms with Gasteiger partial charge in [0.2, 0.25) is 5.88 Å². The molecule has 0 saturated heterocycles. The van der Waals surface area contributed by atoms with Crippen LogP contribution in [0.4, 0.5) is 0 Å². The second-order valence-corrected chi connectivity index (χ2v) is 7.76. The molecule has 1 aromatic carbocycles. The third-order valence-corrected chi connectivity index (χ3v) is 5.37. The summed E-state index contributed by atoms with van der Waals surface area (Å²) in [7, 11) is 0. The number of ketones is 1. The van der Waals surface area contributed by atoms with Gasteiger partial charge in [0.15, 0.2) is 5.78 Å². The van der Waals surface area contributed by atoms with Crippen molar-refractivity contribution >= 4 is 11.7 Å². The van der Waals surface area contributed by atoms with E-state index in [2.05, 4.69) is 10.3 Å². The van der Waals surface area contributed by atoms with Crippen molar-refractivity contribution in [3.8, 4) is 5.88 Å². The SMILES string of the molecule is CCC(=O)[C@@H](NC(=O)c1ccc(C2CC2)c(OCC2CC2)n1)c1ccccc1. The number of carbonyl (C=O) groups is 2. The standard InChI is InChI=1S/C23H26N2O3/c1-2-20(26)21(17-6-4-3-5-7-17)25-22(27)19-13-12-18(16-10-11-16)23(24-19)28-14-15-8-9-15/h3-7,12-13,15-16,21H,2,8-11,14H2,1H3,(H,25,27)/t21-/m0/s1. The summed E-state index contributed by atoms with van der Waals surface area (Å²) in [6, 6.07) is 12.4. The number of rotatable bonds is 9. The van der Waals surface area contributed by atoms with Gasteiger partial charge in [-0.1, -0.05) is 43.3 Å². The molecule has 1 atom stereocenters. The lowest BCUT2D eigenvalue weighted by atomic mass is 10.0. The molecule has 0 aliphatic heterocycles. The van der Waals surface area contributed by atoms with Crippen molar-refractivity contribution in [3.05, 3.63) is 59.3 Å². The fraction of sp³-hybridized carbons (Fsp3) is 0.435. The molecule has 146 valence electrons. The van der Waals surface area contributed by atoms with Crippen LogP contribution in [0, 0.1) is 5.92 Å². The molecule has 4 rings (SSSR count). The number of aromatic nitrogens is 1. The van der Waals surface area contributed by atoms with E-state index in [-0.39, 0.29) is 11.7 Å². The Kier molecular flexibility index (Phi) is 5.42. The zero-order valence-corrected chi connectivity index (χ0v) is 16.2. The van der Waals surface area contributed by atoms with Crippen molar-refractivity contribution in [2.24, 2.45) is 5.92 Å². The van der Waals surface area contributed by atoms with Crippen molar-refractivity contribution in [2.75, 3.05) is 6.61 Å². The summed E-state index contributed by atoms with van der Waals surface area (Å²) in [6.45, 7) is 2.47. The first-order valence-electron chi connectivity index (χ1n) is 10.2. The predicted octanol–water partition coefficient (Wildman–Crippen LogP) is 4.20. The van der Waals surface area contributed by atoms with Gasteiger partial charge < -0.3 is 10.1 Å². The third kappa shape index (κ3) is 4.41. The van der Waals surface area contributed by atoms with Crippen LogP contribution < -0.4 is 10.1 Å². The number of hydrogen-bond acceptors (Lipinski definition) is 4. The second kappa shape index (κ2) is 8.13. The highest BCUT2D eigenvalue weighted by atomic mass is 16.5. The Morgan fingerprint density at radius 1 is 1.11 bits per heavy atom. The topological polar surface area (TPSA) is 68.3 Å². The minimum atomic E-state index is -0.667. The molecule has 2 aliphatic rings. The van der Waals surface area contributed by atoms with Crippen LogP contribution in [0.5, 0.6) is 5.88 Å². The van der Waals surface area contributed by atoms with E-state index in [9.17, 15) is 9.59 Å². The van der Waals surface area contributed by atoms with Gasteiger partial charge >= 0.3 is 0 Å². The van der Waals surface area contributed by atoms with E-state index in [1.807, 2.05) is 36.4 Å². The van der Waals surface area contributed by atoms with Gasteiger partial charge in [0.05, 0.1) is 6.61 Å². The van der Waals surface area contributed by atoms with Gasteiger partial charge in [-0.2, -0.15) is 0 Å². The third-order valence-electron chi connectivity index (χ3n) is 5.37. The normalized spacial score (nSPS) is 17.0. The van der Waals surface area contributed by atoms with Gasteiger partial charge in [-0.15, -0.1) is 0 Å². The molecule has 2 aliphatic carbocycles. The zero-order chi connectivity index (χ0) is 19.5. The average molecular weight is 378 g/mol. The van der Waals surface area contributed by atoms with Crippen molar-refractivity contribution in [1.29, 1.82) is 0 Å². The Bertz CT molecular complexity index is 857. The Morgan fingerprint density at radius 2 is 1.86 bits per heavy atom. The van der Waals surface area contributed by atoms with Gasteiger partial charge in [0, 0.05) is 12.0 Å². The monoisotopic (exact) mass is 378 g/mol. The number of nitrogens with zero attached hydrogens (tertiary/aromatic N) is 1. The molecule has 2 saturated carbocycles. The van der Waals surface area contributed by atoms with E-state index in [4.69, 9.17) is 4.74 Å². The van der Waals surface area contributed by atoms with Gasteiger partial charge in [0.1, 0.15) is 11.7 Å². The Morgan fingerprint density at radius 3 is 2.50 bits per heavy atom. The first kappa shape index (κ1) is 18.7. The molecule has 1 aromatic heterocycles. The number of amides is 1. The molecule has 0 bridgehead atoms. The van der Waals surface area contributed by atoms with E-state index >= 15 is 0 Å². The Balaban J connectivity index is 1.54. The maximum atomic E-state index is 12.9. The van der Waals surface area contributed by atoms with Gasteiger partial charge in [-0.3, -0.25) is 9.59 Å². The van der Waals surface area contributed by atoms with Gasteiger partial charge in [-0.25, -0.2) is 4.98 Å². The van der Waals surface area contributed by atoms with E-state index < -0.39 is 6.04 Å². The van der Waals surface area contributed by atoms with Crippen molar-refractivity contribution in [2.45, 2.75) is 51.0 Å². The zero-order valence-electron chi connectivity index (χ0n) is 16.2. The summed E-state index contributed by atoms with van der Waals surface area (Å²) in [5.74, 6) is 1.32. The molecule has 0 unspecified atom stereocenters. The van der Waals surface area contributed by atoms with E-state index in [1.54, 1.807) is 13.0 Å². The molecule has 28 heavy (non-hydrogen) atoms. The fourth-order valence-corrected chi connectivity index (χ4v) is 3.28. The minimum Gasteiger partial charge on any atom is -0.477 e. The second-order valence-electron chi connectivity index (χ2n) is 7.76. The molecular formula is C23H26N2O3. The number of benzene rings is 1. The minimum absolute atomic E-state index is 0.0284. The summed E-state index contributed by atoms with van der Waals surface area (Å²) in [6.07, 6.45) is 5.06. The van der Waals surface area contributed by atoms with Crippen molar-refractivity contribution < 1.29 is 14.3 Å². The quantitative estimate of drug-likeness (QED) is 0.710. The number of carbonyl (C=O) groups excluding carboxylic acids is 2. The predicted molar refractivity (Wildman–Crippen MR) is 106 cm³/mol. The number of pyridine rings is 1. The molecule has 1 heterocycles. The van der Waals surface area contributed by atoms with E-state index in [0.29, 0.717) is 36.4 Å². The first-order chi connectivity index (χ1) is 13.7. The molecule has 2 fully saturated rings. The van der Waals surface area contributed by atoms with Crippen LogP contribution in [0.25, 0.3) is 0 Å². The molecule has 1 N–H and O–H groups in total. The van der Waals surface area contributed by atoms with Crippen molar-refractivity contribution in [3.63, 3.8) is 0 Å². The van der Waals surface area contributed by atoms with Crippen molar-refractivity contribution in [1.82, 2.24) is 10.3 Å².